The van der Waals surface area contributed by atoms with Gasteiger partial charge in [0.05, 0.1) is 17.5 Å². The Labute approximate surface area is 134 Å². The van der Waals surface area contributed by atoms with E-state index in [1.165, 1.54) is 0 Å². The second-order valence-corrected chi connectivity index (χ2v) is 5.56. The molecule has 4 nitrogen and oxygen atoms in total. The van der Waals surface area contributed by atoms with Gasteiger partial charge >= 0.3 is 0 Å². The average molecular weight is 309 g/mol. The van der Waals surface area contributed by atoms with Crippen LogP contribution in [0.2, 0.25) is 0 Å². The second kappa shape index (κ2) is 6.16. The van der Waals surface area contributed by atoms with Crippen molar-refractivity contribution >= 4 is 10.9 Å². The predicted molar refractivity (Wildman–Crippen MR) is 92.2 cm³/mol. The van der Waals surface area contributed by atoms with E-state index < -0.39 is 0 Å². The Morgan fingerprint density at radius 3 is 2.57 bits per heavy atom. The van der Waals surface area contributed by atoms with Gasteiger partial charge in [-0.05, 0) is 42.7 Å². The van der Waals surface area contributed by atoms with Gasteiger partial charge in [0.1, 0.15) is 11.5 Å². The Bertz CT molecular complexity index is 895. The fraction of sp³-hybridized carbons (Fsp3) is 0.211. The van der Waals surface area contributed by atoms with Crippen molar-refractivity contribution in [1.82, 2.24) is 4.98 Å². The van der Waals surface area contributed by atoms with Gasteiger partial charge in [-0.2, -0.15) is 0 Å². The van der Waals surface area contributed by atoms with Gasteiger partial charge in [0.25, 0.3) is 0 Å². The highest BCUT2D eigenvalue weighted by molar-refractivity contribution is 5.90. The van der Waals surface area contributed by atoms with E-state index in [0.717, 1.165) is 23.1 Å². The number of nitrogens with one attached hydrogen (secondary N) is 1. The fourth-order valence-corrected chi connectivity index (χ4v) is 2.66. The summed E-state index contributed by atoms with van der Waals surface area (Å²) in [6.45, 7) is 4.57. The Hall–Kier alpha value is -2.75. The molecule has 3 rings (SSSR count). The smallest absolute Gasteiger partial charge is 0.197 e. The van der Waals surface area contributed by atoms with Crippen LogP contribution < -0.4 is 10.2 Å². The lowest BCUT2D eigenvalue weighted by molar-refractivity contribution is 0.320. The number of pyridine rings is 1. The van der Waals surface area contributed by atoms with Crippen molar-refractivity contribution in [2.75, 3.05) is 6.61 Å². The first kappa shape index (κ1) is 15.2. The molecule has 0 spiro atoms. The maximum atomic E-state index is 12.9. The minimum Gasteiger partial charge on any atom is -0.508 e. The number of H-pyrrole nitrogens is 1. The monoisotopic (exact) mass is 309 g/mol. The maximum absolute atomic E-state index is 12.9. The van der Waals surface area contributed by atoms with Crippen LogP contribution in [0.4, 0.5) is 0 Å². The molecule has 0 radical (unpaired) electrons. The van der Waals surface area contributed by atoms with Crippen LogP contribution in [0.25, 0.3) is 22.0 Å². The Kier molecular flexibility index (Phi) is 4.06. The summed E-state index contributed by atoms with van der Waals surface area (Å²) >= 11 is 0. The van der Waals surface area contributed by atoms with Gasteiger partial charge in [0, 0.05) is 11.8 Å². The van der Waals surface area contributed by atoms with Crippen LogP contribution in [0.3, 0.4) is 0 Å². The number of benzene rings is 2. The van der Waals surface area contributed by atoms with Crippen LogP contribution in [-0.4, -0.2) is 16.7 Å². The molecule has 0 saturated heterocycles. The van der Waals surface area contributed by atoms with Crippen LogP contribution in [-0.2, 0) is 0 Å². The molecule has 0 fully saturated rings. The number of phenolic OH excluding ortho intramolecular Hbond substituents is 1. The van der Waals surface area contributed by atoms with Gasteiger partial charge in [0.2, 0.25) is 0 Å². The highest BCUT2D eigenvalue weighted by atomic mass is 16.5. The van der Waals surface area contributed by atoms with Crippen molar-refractivity contribution < 1.29 is 9.84 Å². The van der Waals surface area contributed by atoms with Crippen molar-refractivity contribution in [3.8, 4) is 22.6 Å². The van der Waals surface area contributed by atoms with E-state index in [-0.39, 0.29) is 11.2 Å². The molecule has 0 saturated carbocycles. The third-order valence-electron chi connectivity index (χ3n) is 3.85. The number of aryl methyl sites for hydroxylation is 1. The highest BCUT2D eigenvalue weighted by Crippen LogP contribution is 2.27. The number of aromatic hydroxyl groups is 1. The lowest BCUT2D eigenvalue weighted by Crippen LogP contribution is -2.09. The quantitative estimate of drug-likeness (QED) is 0.765. The van der Waals surface area contributed by atoms with Crippen LogP contribution in [0, 0.1) is 6.92 Å². The number of phenols is 1. The van der Waals surface area contributed by atoms with Crippen LogP contribution in [0.1, 0.15) is 18.9 Å². The topological polar surface area (TPSA) is 62.3 Å². The molecule has 4 heteroatoms. The van der Waals surface area contributed by atoms with E-state index in [9.17, 15) is 9.90 Å². The van der Waals surface area contributed by atoms with E-state index in [0.29, 0.717) is 23.3 Å². The lowest BCUT2D eigenvalue weighted by Gasteiger charge is -2.11. The zero-order chi connectivity index (χ0) is 16.4. The molecule has 3 aromatic rings. The number of aromatic amines is 1. The SMILES string of the molecule is CCCOc1ccc(C)c2c(=O)c(-c3ccc(O)cc3)c[nH]c12. The third-order valence-corrected chi connectivity index (χ3v) is 3.85. The van der Waals surface area contributed by atoms with Crippen molar-refractivity contribution in [2.24, 2.45) is 0 Å². The predicted octanol–water partition coefficient (Wildman–Crippen LogP) is 4.00. The molecule has 0 unspecified atom stereocenters. The van der Waals surface area contributed by atoms with Crippen LogP contribution in [0.15, 0.2) is 47.4 Å². The van der Waals surface area contributed by atoms with Gasteiger partial charge in [-0.25, -0.2) is 0 Å². The lowest BCUT2D eigenvalue weighted by atomic mass is 10.0. The number of ether oxygens (including phenoxy) is 1. The number of fused-ring (bicyclic) bond motifs is 1. The van der Waals surface area contributed by atoms with Crippen LogP contribution in [0.5, 0.6) is 11.5 Å². The second-order valence-electron chi connectivity index (χ2n) is 5.56. The van der Waals surface area contributed by atoms with Gasteiger partial charge < -0.3 is 14.8 Å². The van der Waals surface area contributed by atoms with E-state index in [4.69, 9.17) is 4.74 Å². The van der Waals surface area contributed by atoms with Gasteiger partial charge in [0.15, 0.2) is 5.43 Å². The Balaban J connectivity index is 2.21. The molecular weight excluding hydrogens is 290 g/mol. The zero-order valence-corrected chi connectivity index (χ0v) is 13.2. The summed E-state index contributed by atoms with van der Waals surface area (Å²) in [6.07, 6.45) is 2.61. The summed E-state index contributed by atoms with van der Waals surface area (Å²) in [5.41, 5.74) is 2.94. The molecule has 0 bridgehead atoms. The molecular formula is C19H19NO3. The summed E-state index contributed by atoms with van der Waals surface area (Å²) in [4.78, 5) is 16.1. The van der Waals surface area contributed by atoms with E-state index >= 15 is 0 Å². The minimum atomic E-state index is -0.0381. The molecule has 0 aliphatic rings. The maximum Gasteiger partial charge on any atom is 0.197 e. The fourth-order valence-electron chi connectivity index (χ4n) is 2.66. The first-order valence-electron chi connectivity index (χ1n) is 7.69. The van der Waals surface area contributed by atoms with Crippen LogP contribution >= 0.6 is 0 Å². The van der Waals surface area contributed by atoms with E-state index in [1.54, 1.807) is 30.5 Å². The largest absolute Gasteiger partial charge is 0.508 e. The number of rotatable bonds is 4. The van der Waals surface area contributed by atoms with Gasteiger partial charge in [-0.15, -0.1) is 0 Å². The minimum absolute atomic E-state index is 0.0381. The normalized spacial score (nSPS) is 10.9. The van der Waals surface area contributed by atoms with Crippen molar-refractivity contribution in [1.29, 1.82) is 0 Å². The molecule has 1 aromatic heterocycles. The summed E-state index contributed by atoms with van der Waals surface area (Å²) < 4.78 is 5.74. The zero-order valence-electron chi connectivity index (χ0n) is 13.2. The number of hydrogen-bond donors (Lipinski definition) is 2. The average Bonchev–Trinajstić information content (AvgIpc) is 2.55. The molecule has 0 amide bonds. The standard InChI is InChI=1S/C19H19NO3/c1-3-10-23-16-9-4-12(2)17-18(16)20-11-15(19(17)22)13-5-7-14(21)8-6-13/h4-9,11,21H,3,10H2,1-2H3,(H,20,22). The summed E-state index contributed by atoms with van der Waals surface area (Å²) in [7, 11) is 0. The van der Waals surface area contributed by atoms with Crippen molar-refractivity contribution in [2.45, 2.75) is 20.3 Å². The van der Waals surface area contributed by atoms with E-state index in [2.05, 4.69) is 4.98 Å². The molecule has 2 N–H and O–H groups in total. The van der Waals surface area contributed by atoms with Crippen molar-refractivity contribution in [3.05, 3.63) is 58.4 Å². The Morgan fingerprint density at radius 2 is 1.87 bits per heavy atom. The molecule has 0 aliphatic carbocycles. The molecule has 0 aliphatic heterocycles. The first-order chi connectivity index (χ1) is 11.1. The summed E-state index contributed by atoms with van der Waals surface area (Å²) in [5, 5.41) is 10.0. The summed E-state index contributed by atoms with van der Waals surface area (Å²) in [5.74, 6) is 0.874. The molecule has 118 valence electrons. The third kappa shape index (κ3) is 2.80. The molecule has 23 heavy (non-hydrogen) atoms. The molecule has 0 atom stereocenters. The van der Waals surface area contributed by atoms with Gasteiger partial charge in [-0.3, -0.25) is 4.79 Å². The first-order valence-corrected chi connectivity index (χ1v) is 7.69. The Morgan fingerprint density at radius 1 is 1.13 bits per heavy atom. The summed E-state index contributed by atoms with van der Waals surface area (Å²) in [6, 6.07) is 10.4. The number of hydrogen-bond acceptors (Lipinski definition) is 3. The molecule has 2 aromatic carbocycles. The highest BCUT2D eigenvalue weighted by Gasteiger charge is 2.13. The number of aromatic nitrogens is 1. The van der Waals surface area contributed by atoms with Gasteiger partial charge in [-0.1, -0.05) is 25.1 Å². The van der Waals surface area contributed by atoms with E-state index in [1.807, 2.05) is 26.0 Å². The molecule has 1 heterocycles. The van der Waals surface area contributed by atoms with Crippen molar-refractivity contribution in [3.63, 3.8) is 0 Å².